The highest BCUT2D eigenvalue weighted by Crippen LogP contribution is 2.27. The summed E-state index contributed by atoms with van der Waals surface area (Å²) in [5.74, 6) is 0.629. The van der Waals surface area contributed by atoms with Gasteiger partial charge in [0, 0.05) is 12.5 Å². The van der Waals surface area contributed by atoms with Crippen LogP contribution < -0.4 is 10.5 Å². The quantitative estimate of drug-likeness (QED) is 0.815. The summed E-state index contributed by atoms with van der Waals surface area (Å²) in [6, 6.07) is 3.84. The van der Waals surface area contributed by atoms with Crippen LogP contribution in [0.4, 0.5) is 0 Å². The normalized spacial score (nSPS) is 12.1. The topological polar surface area (TPSA) is 61.5 Å². The molecule has 2 N–H and O–H groups in total. The summed E-state index contributed by atoms with van der Waals surface area (Å²) in [5, 5.41) is 0. The molecule has 100 valence electrons. The number of ether oxygens (including phenoxy) is 2. The van der Waals surface area contributed by atoms with E-state index in [1.165, 1.54) is 7.11 Å². The van der Waals surface area contributed by atoms with Crippen molar-refractivity contribution in [1.29, 1.82) is 0 Å². The van der Waals surface area contributed by atoms with Crippen molar-refractivity contribution in [2.75, 3.05) is 14.2 Å². The van der Waals surface area contributed by atoms with E-state index in [1.807, 2.05) is 26.0 Å². The fourth-order valence-corrected chi connectivity index (χ4v) is 1.96. The molecule has 0 spiro atoms. The molecule has 0 amide bonds. The molecule has 0 saturated carbocycles. The predicted molar refractivity (Wildman–Crippen MR) is 70.6 cm³/mol. The van der Waals surface area contributed by atoms with Gasteiger partial charge in [-0.15, -0.1) is 0 Å². The monoisotopic (exact) mass is 251 g/mol. The molecule has 4 nitrogen and oxygen atoms in total. The number of carbonyl (C=O) groups is 1. The SMILES string of the molecule is COC(=O)CCC(N)c1cc(C)c(OC)cc1C. The van der Waals surface area contributed by atoms with Gasteiger partial charge >= 0.3 is 5.97 Å². The molecule has 0 heterocycles. The van der Waals surface area contributed by atoms with Gasteiger partial charge < -0.3 is 15.2 Å². The molecule has 0 fully saturated rings. The summed E-state index contributed by atoms with van der Waals surface area (Å²) in [4.78, 5) is 11.1. The van der Waals surface area contributed by atoms with Crippen molar-refractivity contribution in [3.8, 4) is 5.75 Å². The number of benzene rings is 1. The maximum Gasteiger partial charge on any atom is 0.305 e. The van der Waals surface area contributed by atoms with Gasteiger partial charge in [0.15, 0.2) is 0 Å². The molecule has 0 aliphatic rings. The Hall–Kier alpha value is -1.55. The first-order valence-corrected chi connectivity index (χ1v) is 5.97. The van der Waals surface area contributed by atoms with Crippen LogP contribution >= 0.6 is 0 Å². The Labute approximate surface area is 108 Å². The summed E-state index contributed by atoms with van der Waals surface area (Å²) in [5.41, 5.74) is 9.29. The Balaban J connectivity index is 2.82. The zero-order valence-corrected chi connectivity index (χ0v) is 11.4. The lowest BCUT2D eigenvalue weighted by atomic mass is 9.96. The number of esters is 1. The van der Waals surface area contributed by atoms with Gasteiger partial charge in [-0.2, -0.15) is 0 Å². The second-order valence-electron chi connectivity index (χ2n) is 4.40. The summed E-state index contributed by atoms with van der Waals surface area (Å²) in [7, 11) is 3.04. The molecule has 0 bridgehead atoms. The van der Waals surface area contributed by atoms with E-state index in [2.05, 4.69) is 4.74 Å². The van der Waals surface area contributed by atoms with Gasteiger partial charge in [-0.1, -0.05) is 6.07 Å². The Kier molecular flexibility index (Phi) is 5.16. The van der Waals surface area contributed by atoms with Crippen LogP contribution in [0.2, 0.25) is 0 Å². The third kappa shape index (κ3) is 3.47. The van der Waals surface area contributed by atoms with E-state index in [9.17, 15) is 4.79 Å². The maximum atomic E-state index is 11.1. The Morgan fingerprint density at radius 2 is 1.94 bits per heavy atom. The highest BCUT2D eigenvalue weighted by molar-refractivity contribution is 5.69. The molecule has 0 aliphatic carbocycles. The minimum absolute atomic E-state index is 0.159. The molecule has 4 heteroatoms. The van der Waals surface area contributed by atoms with Crippen LogP contribution in [0.25, 0.3) is 0 Å². The number of carbonyl (C=O) groups excluding carboxylic acids is 1. The molecule has 1 rings (SSSR count). The number of hydrogen-bond donors (Lipinski definition) is 1. The van der Waals surface area contributed by atoms with Crippen LogP contribution in [0.3, 0.4) is 0 Å². The lowest BCUT2D eigenvalue weighted by Gasteiger charge is -2.17. The average molecular weight is 251 g/mol. The molecule has 1 aromatic carbocycles. The number of hydrogen-bond acceptors (Lipinski definition) is 4. The Bertz CT molecular complexity index is 429. The van der Waals surface area contributed by atoms with Gasteiger partial charge in [-0.3, -0.25) is 4.79 Å². The van der Waals surface area contributed by atoms with E-state index < -0.39 is 0 Å². The first kappa shape index (κ1) is 14.5. The van der Waals surface area contributed by atoms with Crippen molar-refractivity contribution < 1.29 is 14.3 Å². The van der Waals surface area contributed by atoms with E-state index >= 15 is 0 Å². The van der Waals surface area contributed by atoms with Gasteiger partial charge in [-0.25, -0.2) is 0 Å². The summed E-state index contributed by atoms with van der Waals surface area (Å²) in [6.07, 6.45) is 0.918. The molecule has 1 aromatic rings. The van der Waals surface area contributed by atoms with Crippen LogP contribution in [-0.2, 0) is 9.53 Å². The van der Waals surface area contributed by atoms with Crippen molar-refractivity contribution in [1.82, 2.24) is 0 Å². The van der Waals surface area contributed by atoms with Gasteiger partial charge in [0.05, 0.1) is 14.2 Å². The Morgan fingerprint density at radius 1 is 1.28 bits per heavy atom. The molecule has 0 saturated heterocycles. The first-order chi connectivity index (χ1) is 8.49. The van der Waals surface area contributed by atoms with Crippen molar-refractivity contribution in [2.45, 2.75) is 32.7 Å². The second-order valence-corrected chi connectivity index (χ2v) is 4.40. The Morgan fingerprint density at radius 3 is 2.50 bits per heavy atom. The van der Waals surface area contributed by atoms with Crippen LogP contribution in [0.15, 0.2) is 12.1 Å². The van der Waals surface area contributed by atoms with Crippen molar-refractivity contribution >= 4 is 5.97 Å². The van der Waals surface area contributed by atoms with Crippen molar-refractivity contribution in [3.63, 3.8) is 0 Å². The van der Waals surface area contributed by atoms with Gasteiger partial charge in [0.25, 0.3) is 0 Å². The average Bonchev–Trinajstić information content (AvgIpc) is 2.37. The van der Waals surface area contributed by atoms with Gasteiger partial charge in [0.2, 0.25) is 0 Å². The highest BCUT2D eigenvalue weighted by atomic mass is 16.5. The third-order valence-corrected chi connectivity index (χ3v) is 3.07. The number of methoxy groups -OCH3 is 2. The molecule has 1 unspecified atom stereocenters. The van der Waals surface area contributed by atoms with E-state index in [0.29, 0.717) is 12.8 Å². The molecule has 1 atom stereocenters. The fourth-order valence-electron chi connectivity index (χ4n) is 1.96. The lowest BCUT2D eigenvalue weighted by molar-refractivity contribution is -0.140. The molecule has 0 aliphatic heterocycles. The van der Waals surface area contributed by atoms with Crippen molar-refractivity contribution in [2.24, 2.45) is 5.73 Å². The van der Waals surface area contributed by atoms with E-state index in [-0.39, 0.29) is 12.0 Å². The third-order valence-electron chi connectivity index (χ3n) is 3.07. The van der Waals surface area contributed by atoms with Crippen LogP contribution in [0, 0.1) is 13.8 Å². The minimum atomic E-state index is -0.228. The molecule has 0 aromatic heterocycles. The van der Waals surface area contributed by atoms with Crippen LogP contribution in [0.1, 0.15) is 35.6 Å². The largest absolute Gasteiger partial charge is 0.496 e. The fraction of sp³-hybridized carbons (Fsp3) is 0.500. The summed E-state index contributed by atoms with van der Waals surface area (Å²) >= 11 is 0. The standard InChI is InChI=1S/C14H21NO3/c1-9-8-13(17-3)10(2)7-11(9)12(15)5-6-14(16)18-4/h7-8,12H,5-6,15H2,1-4H3. The molecule has 0 radical (unpaired) electrons. The van der Waals surface area contributed by atoms with Gasteiger partial charge in [-0.05, 0) is 43.0 Å². The predicted octanol–water partition coefficient (Wildman–Crippen LogP) is 2.27. The van der Waals surface area contributed by atoms with Gasteiger partial charge in [0.1, 0.15) is 5.75 Å². The smallest absolute Gasteiger partial charge is 0.305 e. The zero-order chi connectivity index (χ0) is 13.7. The van der Waals surface area contributed by atoms with Crippen molar-refractivity contribution in [3.05, 3.63) is 28.8 Å². The lowest BCUT2D eigenvalue weighted by Crippen LogP contribution is -2.14. The first-order valence-electron chi connectivity index (χ1n) is 5.97. The zero-order valence-electron chi connectivity index (χ0n) is 11.4. The van der Waals surface area contributed by atoms with E-state index in [0.717, 1.165) is 22.4 Å². The number of rotatable bonds is 5. The molecular weight excluding hydrogens is 230 g/mol. The number of aryl methyl sites for hydroxylation is 2. The molecular formula is C14H21NO3. The maximum absolute atomic E-state index is 11.1. The number of nitrogens with two attached hydrogens (primary N) is 1. The van der Waals surface area contributed by atoms with E-state index in [4.69, 9.17) is 10.5 Å². The van der Waals surface area contributed by atoms with E-state index in [1.54, 1.807) is 7.11 Å². The molecule has 18 heavy (non-hydrogen) atoms. The highest BCUT2D eigenvalue weighted by Gasteiger charge is 2.13. The minimum Gasteiger partial charge on any atom is -0.496 e. The van der Waals surface area contributed by atoms with Crippen LogP contribution in [-0.4, -0.2) is 20.2 Å². The summed E-state index contributed by atoms with van der Waals surface area (Å²) < 4.78 is 9.87. The summed E-state index contributed by atoms with van der Waals surface area (Å²) in [6.45, 7) is 3.98. The van der Waals surface area contributed by atoms with Crippen LogP contribution in [0.5, 0.6) is 5.75 Å². The second kappa shape index (κ2) is 6.40.